The van der Waals surface area contributed by atoms with Gasteiger partial charge in [0.15, 0.2) is 0 Å². The number of nitrogens with two attached hydrogens (primary N) is 1. The number of carbonyl (C=O) groups is 1. The second-order valence-electron chi connectivity index (χ2n) is 7.18. The van der Waals surface area contributed by atoms with Crippen LogP contribution >= 0.6 is 12.4 Å². The molecule has 0 saturated heterocycles. The van der Waals surface area contributed by atoms with Crippen LogP contribution in [0.1, 0.15) is 71.6 Å². The van der Waals surface area contributed by atoms with Gasteiger partial charge in [-0.15, -0.1) is 12.4 Å². The van der Waals surface area contributed by atoms with Crippen LogP contribution in [-0.2, 0) is 4.79 Å². The summed E-state index contributed by atoms with van der Waals surface area (Å²) in [6, 6.07) is 0.523. The third-order valence-corrected chi connectivity index (χ3v) is 5.64. The average molecular weight is 317 g/mol. The van der Waals surface area contributed by atoms with Crippen LogP contribution in [0, 0.1) is 17.8 Å². The molecule has 0 heterocycles. The molecule has 0 spiro atoms. The maximum Gasteiger partial charge on any atom is 0.223 e. The number of nitrogens with one attached hydrogen (secondary N) is 1. The van der Waals surface area contributed by atoms with Crippen LogP contribution in [-0.4, -0.2) is 18.0 Å². The van der Waals surface area contributed by atoms with Gasteiger partial charge in [-0.25, -0.2) is 0 Å². The molecule has 0 aromatic heterocycles. The lowest BCUT2D eigenvalue weighted by molar-refractivity contribution is -0.127. The van der Waals surface area contributed by atoms with Gasteiger partial charge < -0.3 is 11.1 Å². The number of carbonyl (C=O) groups excluding carboxylic acids is 1. The summed E-state index contributed by atoms with van der Waals surface area (Å²) >= 11 is 0. The molecule has 3 N–H and O–H groups in total. The zero-order chi connectivity index (χ0) is 14.5. The van der Waals surface area contributed by atoms with Crippen molar-refractivity contribution in [3.05, 3.63) is 0 Å². The molecule has 4 atom stereocenters. The van der Waals surface area contributed by atoms with Crippen molar-refractivity contribution in [3.8, 4) is 0 Å². The standard InChI is InChI=1S/C17H32N2O.ClH/c1-12(14-7-4-3-5-8-14)13(2)19-17(20)15-9-6-10-16(18)11-15;/h12-16H,3-11,18H2,1-2H3,(H,19,20);1H. The Morgan fingerprint density at radius 3 is 2.33 bits per heavy atom. The maximum atomic E-state index is 12.4. The molecule has 0 aliphatic heterocycles. The summed E-state index contributed by atoms with van der Waals surface area (Å²) in [6.45, 7) is 4.49. The number of halogens is 1. The van der Waals surface area contributed by atoms with Crippen molar-refractivity contribution in [1.82, 2.24) is 5.32 Å². The predicted molar refractivity (Wildman–Crippen MR) is 90.5 cm³/mol. The lowest BCUT2D eigenvalue weighted by Crippen LogP contribution is -2.45. The average Bonchev–Trinajstić information content (AvgIpc) is 2.47. The Labute approximate surface area is 136 Å². The van der Waals surface area contributed by atoms with Gasteiger partial charge in [0, 0.05) is 18.0 Å². The summed E-state index contributed by atoms with van der Waals surface area (Å²) in [6.07, 6.45) is 10.9. The number of hydrogen-bond acceptors (Lipinski definition) is 2. The van der Waals surface area contributed by atoms with Crippen molar-refractivity contribution < 1.29 is 4.79 Å². The highest BCUT2D eigenvalue weighted by molar-refractivity contribution is 5.85. The van der Waals surface area contributed by atoms with Crippen LogP contribution in [0.3, 0.4) is 0 Å². The summed E-state index contributed by atoms with van der Waals surface area (Å²) in [5.74, 6) is 1.79. The Kier molecular flexibility index (Phi) is 8.04. The first kappa shape index (κ1) is 18.8. The number of amides is 1. The Morgan fingerprint density at radius 1 is 1.05 bits per heavy atom. The third kappa shape index (κ3) is 5.45. The molecule has 3 nitrogen and oxygen atoms in total. The second-order valence-corrected chi connectivity index (χ2v) is 7.18. The zero-order valence-corrected chi connectivity index (χ0v) is 14.5. The Morgan fingerprint density at radius 2 is 1.71 bits per heavy atom. The van der Waals surface area contributed by atoms with E-state index in [1.54, 1.807) is 0 Å². The normalized spacial score (nSPS) is 30.0. The third-order valence-electron chi connectivity index (χ3n) is 5.64. The van der Waals surface area contributed by atoms with Crippen LogP contribution in [0.25, 0.3) is 0 Å². The molecule has 2 aliphatic rings. The van der Waals surface area contributed by atoms with Crippen molar-refractivity contribution in [2.45, 2.75) is 83.7 Å². The Hall–Kier alpha value is -0.280. The van der Waals surface area contributed by atoms with E-state index in [1.165, 1.54) is 32.1 Å². The Bertz CT molecular complexity index is 318. The summed E-state index contributed by atoms with van der Waals surface area (Å²) in [5, 5.41) is 3.27. The molecular weight excluding hydrogens is 284 g/mol. The quantitative estimate of drug-likeness (QED) is 0.832. The van der Waals surface area contributed by atoms with E-state index in [4.69, 9.17) is 5.73 Å². The van der Waals surface area contributed by atoms with E-state index in [-0.39, 0.29) is 30.3 Å². The molecule has 124 valence electrons. The van der Waals surface area contributed by atoms with Gasteiger partial charge in [-0.3, -0.25) is 4.79 Å². The van der Waals surface area contributed by atoms with Gasteiger partial charge in [-0.2, -0.15) is 0 Å². The molecule has 1 amide bonds. The van der Waals surface area contributed by atoms with Crippen LogP contribution in [0.15, 0.2) is 0 Å². The molecule has 2 rings (SSSR count). The van der Waals surface area contributed by atoms with Crippen molar-refractivity contribution in [1.29, 1.82) is 0 Å². The van der Waals surface area contributed by atoms with E-state index in [0.29, 0.717) is 12.0 Å². The van der Waals surface area contributed by atoms with Crippen LogP contribution in [0.2, 0.25) is 0 Å². The van der Waals surface area contributed by atoms with Gasteiger partial charge >= 0.3 is 0 Å². The van der Waals surface area contributed by atoms with Gasteiger partial charge in [-0.05, 0) is 38.0 Å². The highest BCUT2D eigenvalue weighted by Crippen LogP contribution is 2.32. The van der Waals surface area contributed by atoms with E-state index >= 15 is 0 Å². The molecule has 2 saturated carbocycles. The second kappa shape index (κ2) is 8.99. The minimum atomic E-state index is 0. The first-order valence-electron chi connectivity index (χ1n) is 8.64. The van der Waals surface area contributed by atoms with Gasteiger partial charge in [0.05, 0.1) is 0 Å². The number of rotatable bonds is 4. The topological polar surface area (TPSA) is 55.1 Å². The zero-order valence-electron chi connectivity index (χ0n) is 13.6. The van der Waals surface area contributed by atoms with Crippen molar-refractivity contribution in [3.63, 3.8) is 0 Å². The SMILES string of the molecule is CC(NC(=O)C1CCCC(N)C1)C(C)C1CCCCC1.Cl. The van der Waals surface area contributed by atoms with Gasteiger partial charge in [0.1, 0.15) is 0 Å². The summed E-state index contributed by atoms with van der Waals surface area (Å²) < 4.78 is 0. The molecule has 0 bridgehead atoms. The number of hydrogen-bond donors (Lipinski definition) is 2. The summed E-state index contributed by atoms with van der Waals surface area (Å²) in [7, 11) is 0. The molecule has 2 aliphatic carbocycles. The van der Waals surface area contributed by atoms with E-state index in [1.807, 2.05) is 0 Å². The van der Waals surface area contributed by atoms with Crippen molar-refractivity contribution in [2.24, 2.45) is 23.5 Å². The highest BCUT2D eigenvalue weighted by atomic mass is 35.5. The van der Waals surface area contributed by atoms with Crippen molar-refractivity contribution >= 4 is 18.3 Å². The molecule has 2 fully saturated rings. The van der Waals surface area contributed by atoms with Crippen LogP contribution in [0.4, 0.5) is 0 Å². The lowest BCUT2D eigenvalue weighted by atomic mass is 9.77. The summed E-state index contributed by atoms with van der Waals surface area (Å²) in [5.41, 5.74) is 5.99. The first-order valence-corrected chi connectivity index (χ1v) is 8.64. The van der Waals surface area contributed by atoms with E-state index in [9.17, 15) is 4.79 Å². The fourth-order valence-corrected chi connectivity index (χ4v) is 4.01. The minimum absolute atomic E-state index is 0. The predicted octanol–water partition coefficient (Wildman–Crippen LogP) is 3.65. The smallest absolute Gasteiger partial charge is 0.223 e. The fourth-order valence-electron chi connectivity index (χ4n) is 4.01. The Balaban J connectivity index is 0.00000220. The summed E-state index contributed by atoms with van der Waals surface area (Å²) in [4.78, 5) is 12.4. The first-order chi connectivity index (χ1) is 9.58. The highest BCUT2D eigenvalue weighted by Gasteiger charge is 2.29. The largest absolute Gasteiger partial charge is 0.353 e. The monoisotopic (exact) mass is 316 g/mol. The fraction of sp³-hybridized carbons (Fsp3) is 0.941. The lowest BCUT2D eigenvalue weighted by Gasteiger charge is -2.33. The van der Waals surface area contributed by atoms with Gasteiger partial charge in [0.2, 0.25) is 5.91 Å². The van der Waals surface area contributed by atoms with E-state index < -0.39 is 0 Å². The van der Waals surface area contributed by atoms with Gasteiger partial charge in [0.25, 0.3) is 0 Å². The van der Waals surface area contributed by atoms with Gasteiger partial charge in [-0.1, -0.05) is 45.4 Å². The molecule has 4 unspecified atom stereocenters. The molecular formula is C17H33ClN2O. The molecule has 0 radical (unpaired) electrons. The minimum Gasteiger partial charge on any atom is -0.353 e. The molecule has 4 heteroatoms. The van der Waals surface area contributed by atoms with E-state index in [2.05, 4.69) is 19.2 Å². The molecule has 21 heavy (non-hydrogen) atoms. The molecule has 0 aromatic carbocycles. The van der Waals surface area contributed by atoms with Crippen LogP contribution in [0.5, 0.6) is 0 Å². The molecule has 0 aromatic rings. The van der Waals surface area contributed by atoms with E-state index in [0.717, 1.165) is 31.6 Å². The van der Waals surface area contributed by atoms with Crippen LogP contribution < -0.4 is 11.1 Å². The van der Waals surface area contributed by atoms with Crippen molar-refractivity contribution in [2.75, 3.05) is 0 Å². The maximum absolute atomic E-state index is 12.4.